The smallest absolute Gasteiger partial charge is 0.244 e. The third-order valence-electron chi connectivity index (χ3n) is 4.69. The molecule has 0 radical (unpaired) electrons. The maximum Gasteiger partial charge on any atom is 0.244 e. The molecule has 0 unspecified atom stereocenters. The molecule has 5 nitrogen and oxygen atoms in total. The van der Waals surface area contributed by atoms with Gasteiger partial charge in [-0.3, -0.25) is 4.79 Å². The second-order valence-corrected chi connectivity index (χ2v) is 6.81. The van der Waals surface area contributed by atoms with Gasteiger partial charge in [0.15, 0.2) is 0 Å². The molecule has 126 valence electrons. The highest BCUT2D eigenvalue weighted by Gasteiger charge is 2.32. The fourth-order valence-electron chi connectivity index (χ4n) is 3.03. The van der Waals surface area contributed by atoms with E-state index in [1.807, 2.05) is 17.2 Å². The van der Waals surface area contributed by atoms with Crippen LogP contribution >= 0.6 is 0 Å². The van der Waals surface area contributed by atoms with Crippen molar-refractivity contribution < 1.29 is 9.18 Å². The van der Waals surface area contributed by atoms with Gasteiger partial charge in [0.05, 0.1) is 5.69 Å². The van der Waals surface area contributed by atoms with Gasteiger partial charge in [0.2, 0.25) is 5.91 Å². The molecule has 2 fully saturated rings. The SMILES string of the molecule is O=C(Cn1cc(C2CC2)nn1)N(CCc1cccc(F)c1)C1CC1. The molecule has 0 atom stereocenters. The number of benzene rings is 1. The number of rotatable bonds is 7. The maximum absolute atomic E-state index is 13.3. The summed E-state index contributed by atoms with van der Waals surface area (Å²) < 4.78 is 14.9. The van der Waals surface area contributed by atoms with Crippen LogP contribution in [0.25, 0.3) is 0 Å². The second-order valence-electron chi connectivity index (χ2n) is 6.81. The van der Waals surface area contributed by atoms with Crippen molar-refractivity contribution in [3.63, 3.8) is 0 Å². The van der Waals surface area contributed by atoms with Crippen LogP contribution in [0.1, 0.15) is 42.9 Å². The van der Waals surface area contributed by atoms with E-state index in [0.29, 0.717) is 24.9 Å². The third kappa shape index (κ3) is 3.63. The zero-order valence-electron chi connectivity index (χ0n) is 13.6. The lowest BCUT2D eigenvalue weighted by Crippen LogP contribution is -2.37. The molecule has 0 saturated heterocycles. The van der Waals surface area contributed by atoms with E-state index in [1.165, 1.54) is 25.0 Å². The van der Waals surface area contributed by atoms with Crippen LogP contribution in [0.2, 0.25) is 0 Å². The third-order valence-corrected chi connectivity index (χ3v) is 4.69. The largest absolute Gasteiger partial charge is 0.338 e. The van der Waals surface area contributed by atoms with Gasteiger partial charge in [-0.2, -0.15) is 0 Å². The molecule has 0 aliphatic heterocycles. The Bertz CT molecular complexity index is 736. The van der Waals surface area contributed by atoms with E-state index >= 15 is 0 Å². The van der Waals surface area contributed by atoms with Crippen molar-refractivity contribution in [2.24, 2.45) is 0 Å². The molecule has 6 heteroatoms. The molecule has 1 heterocycles. The fourth-order valence-corrected chi connectivity index (χ4v) is 3.03. The Kier molecular flexibility index (Phi) is 4.04. The molecule has 24 heavy (non-hydrogen) atoms. The predicted octanol–water partition coefficient (Wildman–Crippen LogP) is 2.53. The Labute approximate surface area is 140 Å². The Balaban J connectivity index is 1.37. The first-order chi connectivity index (χ1) is 11.7. The number of hydrogen-bond acceptors (Lipinski definition) is 3. The summed E-state index contributed by atoms with van der Waals surface area (Å²) in [5.74, 6) is 0.384. The molecule has 1 amide bonds. The standard InChI is InChI=1S/C18H21FN4O/c19-15-3-1-2-13(10-15)8-9-23(16-6-7-16)18(24)12-22-11-17(20-21-22)14-4-5-14/h1-3,10-11,14,16H,4-9,12H2. The molecule has 2 saturated carbocycles. The first kappa shape index (κ1) is 15.3. The van der Waals surface area contributed by atoms with Gasteiger partial charge in [-0.05, 0) is 49.8 Å². The lowest BCUT2D eigenvalue weighted by atomic mass is 10.1. The van der Waals surface area contributed by atoms with Gasteiger partial charge in [0.1, 0.15) is 12.4 Å². The number of halogens is 1. The summed E-state index contributed by atoms with van der Waals surface area (Å²) in [7, 11) is 0. The Hall–Kier alpha value is -2.24. The number of aromatic nitrogens is 3. The molecule has 0 N–H and O–H groups in total. The first-order valence-electron chi connectivity index (χ1n) is 8.63. The number of carbonyl (C=O) groups excluding carboxylic acids is 1. The highest BCUT2D eigenvalue weighted by Crippen LogP contribution is 2.38. The number of hydrogen-bond donors (Lipinski definition) is 0. The summed E-state index contributed by atoms with van der Waals surface area (Å²) in [5, 5.41) is 8.23. The minimum absolute atomic E-state index is 0.0705. The quantitative estimate of drug-likeness (QED) is 0.785. The van der Waals surface area contributed by atoms with Crippen LogP contribution < -0.4 is 0 Å². The van der Waals surface area contributed by atoms with Crippen molar-refractivity contribution in [1.82, 2.24) is 19.9 Å². The molecule has 0 bridgehead atoms. The van der Waals surface area contributed by atoms with Gasteiger partial charge < -0.3 is 4.90 Å². The van der Waals surface area contributed by atoms with E-state index in [2.05, 4.69) is 10.3 Å². The highest BCUT2D eigenvalue weighted by molar-refractivity contribution is 5.76. The molecule has 2 aliphatic rings. The van der Waals surface area contributed by atoms with Crippen molar-refractivity contribution >= 4 is 5.91 Å². The molecular weight excluding hydrogens is 307 g/mol. The van der Waals surface area contributed by atoms with Gasteiger partial charge in [-0.25, -0.2) is 9.07 Å². The zero-order chi connectivity index (χ0) is 16.5. The minimum Gasteiger partial charge on any atom is -0.338 e. The minimum atomic E-state index is -0.230. The van der Waals surface area contributed by atoms with Gasteiger partial charge in [0.25, 0.3) is 0 Å². The molecule has 2 aromatic rings. The van der Waals surface area contributed by atoms with Crippen molar-refractivity contribution in [2.75, 3.05) is 6.54 Å². The lowest BCUT2D eigenvalue weighted by Gasteiger charge is -2.22. The lowest BCUT2D eigenvalue weighted by molar-refractivity contribution is -0.132. The van der Waals surface area contributed by atoms with Crippen molar-refractivity contribution in [3.05, 3.63) is 47.5 Å². The Morgan fingerprint density at radius 1 is 1.29 bits per heavy atom. The van der Waals surface area contributed by atoms with Crippen molar-refractivity contribution in [1.29, 1.82) is 0 Å². The van der Waals surface area contributed by atoms with Crippen LogP contribution in [0, 0.1) is 5.82 Å². The number of amides is 1. The molecular formula is C18H21FN4O. The number of nitrogens with zero attached hydrogens (tertiary/aromatic N) is 4. The van der Waals surface area contributed by atoms with Gasteiger partial charge in [-0.1, -0.05) is 17.3 Å². The van der Waals surface area contributed by atoms with E-state index in [4.69, 9.17) is 0 Å². The fraction of sp³-hybridized carbons (Fsp3) is 0.500. The summed E-state index contributed by atoms with van der Waals surface area (Å²) in [6, 6.07) is 6.92. The van der Waals surface area contributed by atoms with Gasteiger partial charge >= 0.3 is 0 Å². The average molecular weight is 328 g/mol. The molecule has 2 aliphatic carbocycles. The monoisotopic (exact) mass is 328 g/mol. The molecule has 4 rings (SSSR count). The molecule has 1 aromatic carbocycles. The normalized spacial score (nSPS) is 17.0. The van der Waals surface area contributed by atoms with E-state index < -0.39 is 0 Å². The van der Waals surface area contributed by atoms with E-state index in [-0.39, 0.29) is 18.3 Å². The topological polar surface area (TPSA) is 51.0 Å². The second kappa shape index (κ2) is 6.34. The van der Waals surface area contributed by atoms with Crippen LogP contribution in [-0.4, -0.2) is 38.4 Å². The van der Waals surface area contributed by atoms with E-state index in [1.54, 1.807) is 10.7 Å². The molecule has 1 aromatic heterocycles. The highest BCUT2D eigenvalue weighted by atomic mass is 19.1. The van der Waals surface area contributed by atoms with E-state index in [0.717, 1.165) is 24.1 Å². The van der Waals surface area contributed by atoms with Crippen molar-refractivity contribution in [2.45, 2.75) is 50.6 Å². The summed E-state index contributed by atoms with van der Waals surface area (Å²) in [6.45, 7) is 0.858. The number of carbonyl (C=O) groups is 1. The van der Waals surface area contributed by atoms with Crippen LogP contribution in [0.3, 0.4) is 0 Å². The Morgan fingerprint density at radius 3 is 2.83 bits per heavy atom. The van der Waals surface area contributed by atoms with Crippen LogP contribution in [-0.2, 0) is 17.8 Å². The van der Waals surface area contributed by atoms with Gasteiger partial charge in [-0.15, -0.1) is 5.10 Å². The predicted molar refractivity (Wildman–Crippen MR) is 86.8 cm³/mol. The Morgan fingerprint density at radius 2 is 2.12 bits per heavy atom. The van der Waals surface area contributed by atoms with Crippen LogP contribution in [0.15, 0.2) is 30.5 Å². The summed E-state index contributed by atoms with van der Waals surface area (Å²) in [4.78, 5) is 14.6. The summed E-state index contributed by atoms with van der Waals surface area (Å²) in [5.41, 5.74) is 1.92. The van der Waals surface area contributed by atoms with Crippen LogP contribution in [0.5, 0.6) is 0 Å². The zero-order valence-corrected chi connectivity index (χ0v) is 13.6. The summed E-state index contributed by atoms with van der Waals surface area (Å²) in [6.07, 6.45) is 7.03. The average Bonchev–Trinajstić information content (AvgIpc) is 3.48. The maximum atomic E-state index is 13.3. The van der Waals surface area contributed by atoms with Gasteiger partial charge in [0, 0.05) is 24.7 Å². The molecule has 0 spiro atoms. The van der Waals surface area contributed by atoms with Crippen LogP contribution in [0.4, 0.5) is 4.39 Å². The van der Waals surface area contributed by atoms with E-state index in [9.17, 15) is 9.18 Å². The first-order valence-corrected chi connectivity index (χ1v) is 8.63. The summed E-state index contributed by atoms with van der Waals surface area (Å²) >= 11 is 0. The van der Waals surface area contributed by atoms with Crippen molar-refractivity contribution in [3.8, 4) is 0 Å².